The molecule has 11 nitrogen and oxygen atoms in total. The molecule has 5 aromatic heterocycles. The Morgan fingerprint density at radius 1 is 1.14 bits per heavy atom. The van der Waals surface area contributed by atoms with Gasteiger partial charge < -0.3 is 14.5 Å². The van der Waals surface area contributed by atoms with Gasteiger partial charge in [-0.15, -0.1) is 0 Å². The minimum atomic E-state index is -0.375. The van der Waals surface area contributed by atoms with Crippen molar-refractivity contribution >= 4 is 28.0 Å². The number of fused-ring (bicyclic) bond motifs is 3. The highest BCUT2D eigenvalue weighted by Gasteiger charge is 2.23. The molecule has 1 saturated heterocycles. The summed E-state index contributed by atoms with van der Waals surface area (Å²) in [5.41, 5.74) is 3.74. The topological polar surface area (TPSA) is 126 Å². The maximum atomic E-state index is 13.3. The highest BCUT2D eigenvalue weighted by molar-refractivity contribution is 6.06. The number of nitrogens with zero attached hydrogens (tertiary/aromatic N) is 7. The molecule has 11 heteroatoms. The molecule has 1 fully saturated rings. The number of nitrogens with one attached hydrogen (secondary N) is 1. The van der Waals surface area contributed by atoms with Crippen LogP contribution in [0, 0.1) is 0 Å². The Bertz CT molecular complexity index is 1580. The molecule has 0 aromatic carbocycles. The number of hydrogen-bond acceptors (Lipinski definition) is 9. The zero-order valence-electron chi connectivity index (χ0n) is 19.4. The molecule has 6 heterocycles. The third kappa shape index (κ3) is 3.83. The van der Waals surface area contributed by atoms with E-state index in [0.717, 1.165) is 42.4 Å². The molecular formula is C24H24N8O3. The van der Waals surface area contributed by atoms with Crippen LogP contribution in [0.4, 0.5) is 5.82 Å². The van der Waals surface area contributed by atoms with Crippen molar-refractivity contribution in [3.63, 3.8) is 0 Å². The Hall–Kier alpha value is -4.12. The van der Waals surface area contributed by atoms with E-state index in [4.69, 9.17) is 9.15 Å². The molecule has 35 heavy (non-hydrogen) atoms. The maximum absolute atomic E-state index is 13.3. The van der Waals surface area contributed by atoms with E-state index in [0.29, 0.717) is 40.6 Å². The van der Waals surface area contributed by atoms with Gasteiger partial charge in [0.2, 0.25) is 5.71 Å². The van der Waals surface area contributed by atoms with Gasteiger partial charge in [-0.1, -0.05) is 0 Å². The van der Waals surface area contributed by atoms with E-state index in [1.165, 1.54) is 0 Å². The van der Waals surface area contributed by atoms with E-state index in [-0.39, 0.29) is 11.8 Å². The van der Waals surface area contributed by atoms with Crippen LogP contribution in [-0.4, -0.2) is 54.0 Å². The molecule has 5 aromatic rings. The van der Waals surface area contributed by atoms with Gasteiger partial charge in [0, 0.05) is 50.8 Å². The Labute approximate surface area is 199 Å². The lowest BCUT2D eigenvalue weighted by molar-refractivity contribution is 0.100. The average molecular weight is 473 g/mol. The van der Waals surface area contributed by atoms with Crippen molar-refractivity contribution in [2.45, 2.75) is 31.9 Å². The van der Waals surface area contributed by atoms with Crippen molar-refractivity contribution in [1.82, 2.24) is 34.3 Å². The lowest BCUT2D eigenvalue weighted by atomic mass is 10.1. The molecule has 1 aliphatic rings. The predicted molar refractivity (Wildman–Crippen MR) is 130 cm³/mol. The van der Waals surface area contributed by atoms with Crippen LogP contribution >= 0.6 is 0 Å². The van der Waals surface area contributed by atoms with Crippen LogP contribution in [0.25, 0.3) is 44.7 Å². The first-order valence-electron chi connectivity index (χ1n) is 11.5. The summed E-state index contributed by atoms with van der Waals surface area (Å²) >= 11 is 0. The normalized spacial score (nSPS) is 15.9. The van der Waals surface area contributed by atoms with E-state index >= 15 is 0 Å². The van der Waals surface area contributed by atoms with Crippen molar-refractivity contribution in [3.05, 3.63) is 47.5 Å². The molecule has 1 atom stereocenters. The Morgan fingerprint density at radius 3 is 2.77 bits per heavy atom. The lowest BCUT2D eigenvalue weighted by Crippen LogP contribution is -2.25. The van der Waals surface area contributed by atoms with Crippen LogP contribution in [0.1, 0.15) is 19.3 Å². The molecule has 1 N–H and O–H groups in total. The maximum Gasteiger partial charge on any atom is 0.348 e. The van der Waals surface area contributed by atoms with E-state index < -0.39 is 0 Å². The largest absolute Gasteiger partial charge is 0.434 e. The summed E-state index contributed by atoms with van der Waals surface area (Å²) in [7, 11) is 3.63. The molecule has 0 amide bonds. The third-order valence-corrected chi connectivity index (χ3v) is 6.33. The SMILES string of the molecule is CNc1cnc(-c2nc(=O)n(CCC3CCCO3)c3c2oc2ncc(-c4cnn(C)c4)cc23)cn1. The minimum Gasteiger partial charge on any atom is -0.434 e. The van der Waals surface area contributed by atoms with Gasteiger partial charge in [0.05, 0.1) is 30.1 Å². The van der Waals surface area contributed by atoms with Crippen molar-refractivity contribution < 1.29 is 9.15 Å². The number of rotatable bonds is 6. The molecule has 0 radical (unpaired) electrons. The van der Waals surface area contributed by atoms with E-state index in [2.05, 4.69) is 30.4 Å². The van der Waals surface area contributed by atoms with E-state index in [9.17, 15) is 4.79 Å². The minimum absolute atomic E-state index is 0.138. The summed E-state index contributed by atoms with van der Waals surface area (Å²) in [5, 5.41) is 7.93. The predicted octanol–water partition coefficient (Wildman–Crippen LogP) is 3.01. The highest BCUT2D eigenvalue weighted by atomic mass is 16.5. The van der Waals surface area contributed by atoms with Gasteiger partial charge in [-0.2, -0.15) is 10.1 Å². The monoisotopic (exact) mass is 472 g/mol. The Morgan fingerprint density at radius 2 is 2.06 bits per heavy atom. The first kappa shape index (κ1) is 21.4. The zero-order valence-corrected chi connectivity index (χ0v) is 19.4. The zero-order chi connectivity index (χ0) is 23.9. The summed E-state index contributed by atoms with van der Waals surface area (Å²) < 4.78 is 15.4. The number of furan rings is 1. The standard InChI is InChI=1S/C24H24N8O3/c1-25-19-12-26-18(11-27-19)20-22-21(32(24(33)30-20)6-5-16-4-3-7-34-16)17-8-14(9-28-23(17)35-22)15-10-29-31(2)13-15/h8-13,16H,3-7H2,1-2H3,(H,25,27). The Balaban J connectivity index is 1.56. The summed E-state index contributed by atoms with van der Waals surface area (Å²) in [5.74, 6) is 0.613. The summed E-state index contributed by atoms with van der Waals surface area (Å²) in [6, 6.07) is 1.98. The second kappa shape index (κ2) is 8.58. The molecule has 0 spiro atoms. The summed E-state index contributed by atoms with van der Waals surface area (Å²) in [6.07, 6.45) is 11.5. The number of aryl methyl sites for hydroxylation is 2. The van der Waals surface area contributed by atoms with Crippen molar-refractivity contribution in [1.29, 1.82) is 0 Å². The molecular weight excluding hydrogens is 448 g/mol. The van der Waals surface area contributed by atoms with Crippen LogP contribution in [0.15, 0.2) is 46.3 Å². The van der Waals surface area contributed by atoms with E-state index in [1.807, 2.05) is 19.3 Å². The smallest absolute Gasteiger partial charge is 0.348 e. The van der Waals surface area contributed by atoms with Crippen LogP contribution in [0.5, 0.6) is 0 Å². The molecule has 0 bridgehead atoms. The second-order valence-corrected chi connectivity index (χ2v) is 8.61. The number of hydrogen-bond donors (Lipinski definition) is 1. The fourth-order valence-corrected chi connectivity index (χ4v) is 4.54. The van der Waals surface area contributed by atoms with Gasteiger partial charge in [-0.25, -0.2) is 19.7 Å². The van der Waals surface area contributed by atoms with Gasteiger partial charge in [0.1, 0.15) is 22.7 Å². The van der Waals surface area contributed by atoms with E-state index in [1.54, 1.807) is 41.1 Å². The van der Waals surface area contributed by atoms with Crippen LogP contribution < -0.4 is 11.0 Å². The number of anilines is 1. The van der Waals surface area contributed by atoms with Crippen LogP contribution in [-0.2, 0) is 18.3 Å². The molecule has 1 unspecified atom stereocenters. The molecule has 0 aliphatic carbocycles. The highest BCUT2D eigenvalue weighted by Crippen LogP contribution is 2.34. The number of ether oxygens (including phenoxy) is 1. The summed E-state index contributed by atoms with van der Waals surface area (Å²) in [6.45, 7) is 1.23. The second-order valence-electron chi connectivity index (χ2n) is 8.61. The molecule has 178 valence electrons. The molecule has 1 aliphatic heterocycles. The Kier molecular flexibility index (Phi) is 5.25. The molecule has 0 saturated carbocycles. The van der Waals surface area contributed by atoms with Crippen molar-refractivity contribution in [2.75, 3.05) is 19.0 Å². The fraction of sp³-hybridized carbons (Fsp3) is 0.333. The van der Waals surface area contributed by atoms with Gasteiger partial charge in [0.15, 0.2) is 5.58 Å². The van der Waals surface area contributed by atoms with Crippen molar-refractivity contribution in [3.8, 4) is 22.5 Å². The molecule has 6 rings (SSSR count). The fourth-order valence-electron chi connectivity index (χ4n) is 4.54. The van der Waals surface area contributed by atoms with Crippen LogP contribution in [0.3, 0.4) is 0 Å². The van der Waals surface area contributed by atoms with Gasteiger partial charge in [-0.05, 0) is 25.3 Å². The third-order valence-electron chi connectivity index (χ3n) is 6.33. The summed E-state index contributed by atoms with van der Waals surface area (Å²) in [4.78, 5) is 31.0. The lowest BCUT2D eigenvalue weighted by Gasteiger charge is -2.12. The van der Waals surface area contributed by atoms with Crippen LogP contribution in [0.2, 0.25) is 0 Å². The number of pyridine rings is 1. The van der Waals surface area contributed by atoms with Crippen molar-refractivity contribution in [2.24, 2.45) is 7.05 Å². The van der Waals surface area contributed by atoms with Gasteiger partial charge in [0.25, 0.3) is 0 Å². The first-order chi connectivity index (χ1) is 17.1. The number of aromatic nitrogens is 7. The van der Waals surface area contributed by atoms with Gasteiger partial charge in [-0.3, -0.25) is 9.25 Å². The quantitative estimate of drug-likeness (QED) is 0.397. The average Bonchev–Trinajstić information content (AvgIpc) is 3.63. The first-order valence-corrected chi connectivity index (χ1v) is 11.5. The van der Waals surface area contributed by atoms with Gasteiger partial charge >= 0.3 is 5.69 Å².